The van der Waals surface area contributed by atoms with Gasteiger partial charge in [-0.15, -0.1) is 0 Å². The van der Waals surface area contributed by atoms with Crippen LogP contribution in [0.1, 0.15) is 49.0 Å². The van der Waals surface area contributed by atoms with Gasteiger partial charge in [0, 0.05) is 6.04 Å². The number of benzene rings is 1. The quantitative estimate of drug-likeness (QED) is 0.897. The van der Waals surface area contributed by atoms with E-state index in [0.29, 0.717) is 11.6 Å². The third kappa shape index (κ3) is 2.23. The largest absolute Gasteiger partial charge is 0.478 e. The standard InChI is InChI=1S/C15H18N2O2/c1-10-3-2-4-12(7-10)17-9-16-13-6-5-11(15(18)19)8-14(13)17/h5-6,8-10,12H,2-4,7H2,1H3,(H,18,19). The van der Waals surface area contributed by atoms with Gasteiger partial charge in [0.15, 0.2) is 0 Å². The van der Waals surface area contributed by atoms with Gasteiger partial charge in [-0.1, -0.05) is 19.8 Å². The third-order valence-electron chi connectivity index (χ3n) is 4.12. The van der Waals surface area contributed by atoms with Crippen LogP contribution >= 0.6 is 0 Å². The fraction of sp³-hybridized carbons (Fsp3) is 0.467. The van der Waals surface area contributed by atoms with E-state index in [1.165, 1.54) is 12.8 Å². The smallest absolute Gasteiger partial charge is 0.335 e. The number of aromatic carboxylic acids is 1. The van der Waals surface area contributed by atoms with Crippen molar-refractivity contribution < 1.29 is 9.90 Å². The molecular formula is C15H18N2O2. The predicted octanol–water partition coefficient (Wildman–Crippen LogP) is 3.49. The second-order valence-electron chi connectivity index (χ2n) is 5.59. The number of carboxylic acids is 1. The Morgan fingerprint density at radius 3 is 3.00 bits per heavy atom. The number of nitrogens with zero attached hydrogens (tertiary/aromatic N) is 2. The molecule has 1 aliphatic rings. The van der Waals surface area contributed by atoms with E-state index in [1.54, 1.807) is 18.2 Å². The number of fused-ring (bicyclic) bond motifs is 1. The maximum Gasteiger partial charge on any atom is 0.335 e. The number of carboxylic acid groups (broad SMARTS) is 1. The molecule has 100 valence electrons. The van der Waals surface area contributed by atoms with Gasteiger partial charge in [-0.05, 0) is 37.0 Å². The van der Waals surface area contributed by atoms with E-state index in [0.717, 1.165) is 29.8 Å². The summed E-state index contributed by atoms with van der Waals surface area (Å²) in [7, 11) is 0. The summed E-state index contributed by atoms with van der Waals surface area (Å²) >= 11 is 0. The Morgan fingerprint density at radius 1 is 1.42 bits per heavy atom. The zero-order valence-electron chi connectivity index (χ0n) is 11.0. The minimum Gasteiger partial charge on any atom is -0.478 e. The molecule has 0 saturated heterocycles. The lowest BCUT2D eigenvalue weighted by molar-refractivity contribution is 0.0697. The summed E-state index contributed by atoms with van der Waals surface area (Å²) in [5, 5.41) is 9.10. The number of carbonyl (C=O) groups is 1. The molecule has 1 aromatic heterocycles. The van der Waals surface area contributed by atoms with E-state index in [4.69, 9.17) is 5.11 Å². The number of aromatic nitrogens is 2. The van der Waals surface area contributed by atoms with Gasteiger partial charge in [0.2, 0.25) is 0 Å². The maximum atomic E-state index is 11.1. The van der Waals surface area contributed by atoms with Gasteiger partial charge in [-0.2, -0.15) is 0 Å². The van der Waals surface area contributed by atoms with Gasteiger partial charge >= 0.3 is 5.97 Å². The lowest BCUT2D eigenvalue weighted by Gasteiger charge is -2.28. The highest BCUT2D eigenvalue weighted by Gasteiger charge is 2.21. The molecule has 2 unspecified atom stereocenters. The lowest BCUT2D eigenvalue weighted by atomic mass is 9.87. The van der Waals surface area contributed by atoms with Crippen molar-refractivity contribution in [2.75, 3.05) is 0 Å². The van der Waals surface area contributed by atoms with Crippen LogP contribution in [0.15, 0.2) is 24.5 Å². The summed E-state index contributed by atoms with van der Waals surface area (Å²) in [6.07, 6.45) is 6.71. The van der Waals surface area contributed by atoms with Crippen LogP contribution in [-0.4, -0.2) is 20.6 Å². The van der Waals surface area contributed by atoms with Crippen molar-refractivity contribution in [2.24, 2.45) is 5.92 Å². The minimum absolute atomic E-state index is 0.332. The molecule has 0 spiro atoms. The van der Waals surface area contributed by atoms with E-state index >= 15 is 0 Å². The van der Waals surface area contributed by atoms with E-state index in [9.17, 15) is 4.79 Å². The van der Waals surface area contributed by atoms with Crippen LogP contribution in [0.5, 0.6) is 0 Å². The topological polar surface area (TPSA) is 55.1 Å². The third-order valence-corrected chi connectivity index (χ3v) is 4.12. The van der Waals surface area contributed by atoms with Crippen LogP contribution in [0.4, 0.5) is 0 Å². The fourth-order valence-corrected chi connectivity index (χ4v) is 3.10. The average molecular weight is 258 g/mol. The van der Waals surface area contributed by atoms with Gasteiger partial charge < -0.3 is 9.67 Å². The van der Waals surface area contributed by atoms with Crippen molar-refractivity contribution in [3.63, 3.8) is 0 Å². The fourth-order valence-electron chi connectivity index (χ4n) is 3.10. The number of rotatable bonds is 2. The summed E-state index contributed by atoms with van der Waals surface area (Å²) in [6.45, 7) is 2.29. The van der Waals surface area contributed by atoms with Crippen molar-refractivity contribution in [1.29, 1.82) is 0 Å². The molecule has 1 heterocycles. The van der Waals surface area contributed by atoms with E-state index < -0.39 is 5.97 Å². The summed E-state index contributed by atoms with van der Waals surface area (Å²) in [6, 6.07) is 5.61. The molecule has 1 fully saturated rings. The van der Waals surface area contributed by atoms with Crippen LogP contribution in [0.25, 0.3) is 11.0 Å². The summed E-state index contributed by atoms with van der Waals surface area (Å²) < 4.78 is 2.16. The molecule has 4 nitrogen and oxygen atoms in total. The van der Waals surface area contributed by atoms with Gasteiger partial charge in [0.05, 0.1) is 22.9 Å². The molecule has 1 saturated carbocycles. The summed E-state index contributed by atoms with van der Waals surface area (Å²) in [5.74, 6) is -0.148. The van der Waals surface area contributed by atoms with Gasteiger partial charge in [-0.25, -0.2) is 9.78 Å². The van der Waals surface area contributed by atoms with Crippen LogP contribution in [0.3, 0.4) is 0 Å². The number of imidazole rings is 1. The van der Waals surface area contributed by atoms with Gasteiger partial charge in [0.25, 0.3) is 0 Å². The van der Waals surface area contributed by atoms with Crippen molar-refractivity contribution in [3.8, 4) is 0 Å². The SMILES string of the molecule is CC1CCCC(n2cnc3ccc(C(=O)O)cc32)C1. The molecule has 2 aromatic rings. The Labute approximate surface area is 112 Å². The molecule has 1 aromatic carbocycles. The normalized spacial score (nSPS) is 23.6. The van der Waals surface area contributed by atoms with Crippen molar-refractivity contribution in [3.05, 3.63) is 30.1 Å². The molecule has 19 heavy (non-hydrogen) atoms. The van der Waals surface area contributed by atoms with Crippen molar-refractivity contribution >= 4 is 17.0 Å². The Balaban J connectivity index is 2.03. The maximum absolute atomic E-state index is 11.1. The average Bonchev–Trinajstić information content (AvgIpc) is 2.81. The van der Waals surface area contributed by atoms with E-state index in [2.05, 4.69) is 16.5 Å². The monoisotopic (exact) mass is 258 g/mol. The zero-order valence-corrected chi connectivity index (χ0v) is 11.0. The molecule has 4 heteroatoms. The van der Waals surface area contributed by atoms with Crippen molar-refractivity contribution in [2.45, 2.75) is 38.6 Å². The molecule has 0 amide bonds. The van der Waals surface area contributed by atoms with Crippen molar-refractivity contribution in [1.82, 2.24) is 9.55 Å². The highest BCUT2D eigenvalue weighted by molar-refractivity contribution is 5.92. The zero-order chi connectivity index (χ0) is 13.4. The Morgan fingerprint density at radius 2 is 2.26 bits per heavy atom. The molecule has 0 bridgehead atoms. The molecule has 1 aliphatic carbocycles. The molecule has 1 N–H and O–H groups in total. The molecule has 0 radical (unpaired) electrons. The Bertz CT molecular complexity index is 618. The number of hydrogen-bond acceptors (Lipinski definition) is 2. The van der Waals surface area contributed by atoms with E-state index in [1.807, 2.05) is 6.33 Å². The highest BCUT2D eigenvalue weighted by atomic mass is 16.4. The van der Waals surface area contributed by atoms with Gasteiger partial charge in [0.1, 0.15) is 0 Å². The molecule has 2 atom stereocenters. The Hall–Kier alpha value is -1.84. The second kappa shape index (κ2) is 4.68. The summed E-state index contributed by atoms with van der Waals surface area (Å²) in [5.41, 5.74) is 2.15. The predicted molar refractivity (Wildman–Crippen MR) is 73.4 cm³/mol. The number of hydrogen-bond donors (Lipinski definition) is 1. The van der Waals surface area contributed by atoms with Crippen LogP contribution in [0, 0.1) is 5.92 Å². The first-order chi connectivity index (χ1) is 9.15. The van der Waals surface area contributed by atoms with Crippen LogP contribution in [0.2, 0.25) is 0 Å². The minimum atomic E-state index is -0.883. The highest BCUT2D eigenvalue weighted by Crippen LogP contribution is 2.34. The first kappa shape index (κ1) is 12.2. The first-order valence-corrected chi connectivity index (χ1v) is 6.85. The second-order valence-corrected chi connectivity index (χ2v) is 5.59. The van der Waals surface area contributed by atoms with Crippen LogP contribution in [-0.2, 0) is 0 Å². The first-order valence-electron chi connectivity index (χ1n) is 6.85. The lowest BCUT2D eigenvalue weighted by Crippen LogP contribution is -2.17. The molecular weight excluding hydrogens is 240 g/mol. The van der Waals surface area contributed by atoms with Gasteiger partial charge in [-0.3, -0.25) is 0 Å². The van der Waals surface area contributed by atoms with E-state index in [-0.39, 0.29) is 0 Å². The van der Waals surface area contributed by atoms with Crippen LogP contribution < -0.4 is 0 Å². The molecule has 0 aliphatic heterocycles. The summed E-state index contributed by atoms with van der Waals surface area (Å²) in [4.78, 5) is 15.5. The Kier molecular flexibility index (Phi) is 3.01. The molecule has 3 rings (SSSR count).